The normalized spacial score (nSPS) is 51.6. The first kappa shape index (κ1) is 22.4. The Morgan fingerprint density at radius 3 is 1.07 bits per heavy atom. The van der Waals surface area contributed by atoms with Gasteiger partial charge in [-0.25, -0.2) is 0 Å². The molecule has 0 aromatic carbocycles. The predicted octanol–water partition coefficient (Wildman–Crippen LogP) is 9.57. The van der Waals surface area contributed by atoms with Crippen LogP contribution in [0.2, 0.25) is 0 Å². The molecule has 0 bridgehead atoms. The van der Waals surface area contributed by atoms with Crippen LogP contribution < -0.4 is 0 Å². The fourth-order valence-electron chi connectivity index (χ4n) is 9.15. The van der Waals surface area contributed by atoms with Crippen LogP contribution in [0.3, 0.4) is 0 Å². The van der Waals surface area contributed by atoms with Gasteiger partial charge in [0.05, 0.1) is 0 Å². The van der Waals surface area contributed by atoms with Crippen LogP contribution in [0.15, 0.2) is 0 Å². The molecular formula is C28H46Cl2. The molecule has 2 spiro atoms. The molecular weight excluding hydrogens is 407 g/mol. The van der Waals surface area contributed by atoms with Gasteiger partial charge in [-0.3, -0.25) is 0 Å². The lowest BCUT2D eigenvalue weighted by Crippen LogP contribution is -2.66. The minimum atomic E-state index is -0.446. The van der Waals surface area contributed by atoms with Crippen LogP contribution >= 0.6 is 23.2 Å². The van der Waals surface area contributed by atoms with Crippen molar-refractivity contribution in [2.45, 2.75) is 127 Å². The van der Waals surface area contributed by atoms with Crippen LogP contribution in [0.4, 0.5) is 0 Å². The average Bonchev–Trinajstić information content (AvgIpc) is 2.76. The monoisotopic (exact) mass is 452 g/mol. The molecule has 5 rings (SSSR count). The Kier molecular flexibility index (Phi) is 6.28. The van der Waals surface area contributed by atoms with E-state index in [4.69, 9.17) is 23.2 Å². The fraction of sp³-hybridized carbons (Fsp3) is 1.00. The van der Waals surface area contributed by atoms with Gasteiger partial charge in [-0.15, -0.1) is 23.2 Å². The third-order valence-corrected chi connectivity index (χ3v) is 13.0. The van der Waals surface area contributed by atoms with E-state index in [9.17, 15) is 0 Å². The van der Waals surface area contributed by atoms with Gasteiger partial charge >= 0.3 is 0 Å². The Balaban J connectivity index is 1.15. The molecule has 0 aromatic heterocycles. The van der Waals surface area contributed by atoms with Crippen molar-refractivity contribution < 1.29 is 0 Å². The molecule has 5 aliphatic carbocycles. The van der Waals surface area contributed by atoms with E-state index < -0.39 is 4.33 Å². The first-order chi connectivity index (χ1) is 14.3. The summed E-state index contributed by atoms with van der Waals surface area (Å²) in [5, 5.41) is 0. The summed E-state index contributed by atoms with van der Waals surface area (Å²) in [6.45, 7) is 4.89. The van der Waals surface area contributed by atoms with Gasteiger partial charge in [-0.2, -0.15) is 0 Å². The highest BCUT2D eigenvalue weighted by Crippen LogP contribution is 2.77. The number of hydrogen-bond donors (Lipinski definition) is 0. The summed E-state index contributed by atoms with van der Waals surface area (Å²) in [6.07, 6.45) is 24.0. The van der Waals surface area contributed by atoms with Crippen molar-refractivity contribution in [2.75, 3.05) is 0 Å². The van der Waals surface area contributed by atoms with Crippen LogP contribution in [-0.4, -0.2) is 4.33 Å². The van der Waals surface area contributed by atoms with E-state index in [2.05, 4.69) is 13.8 Å². The minimum absolute atomic E-state index is 0.252. The van der Waals surface area contributed by atoms with Crippen LogP contribution in [0.25, 0.3) is 0 Å². The van der Waals surface area contributed by atoms with Crippen molar-refractivity contribution in [1.29, 1.82) is 0 Å². The molecule has 0 nitrogen and oxygen atoms in total. The molecule has 172 valence electrons. The molecule has 0 N–H and O–H groups in total. The van der Waals surface area contributed by atoms with Gasteiger partial charge in [-0.1, -0.05) is 39.5 Å². The molecule has 5 aliphatic rings. The van der Waals surface area contributed by atoms with Crippen molar-refractivity contribution in [2.24, 2.45) is 46.3 Å². The summed E-state index contributed by atoms with van der Waals surface area (Å²) < 4.78 is -0.446. The Hall–Kier alpha value is 0.580. The summed E-state index contributed by atoms with van der Waals surface area (Å²) in [7, 11) is 0. The molecule has 30 heavy (non-hydrogen) atoms. The quantitative estimate of drug-likeness (QED) is 0.365. The molecule has 0 amide bonds. The van der Waals surface area contributed by atoms with Crippen LogP contribution in [0, 0.1) is 46.3 Å². The fourth-order valence-corrected chi connectivity index (χ4v) is 10.2. The molecule has 5 fully saturated rings. The molecule has 2 heteroatoms. The molecule has 5 saturated carbocycles. The largest absolute Gasteiger partial charge is 0.129 e. The van der Waals surface area contributed by atoms with Gasteiger partial charge in [0.2, 0.25) is 0 Å². The Morgan fingerprint density at radius 2 is 0.767 bits per heavy atom. The van der Waals surface area contributed by atoms with E-state index in [1.165, 1.54) is 109 Å². The number of rotatable bonds is 2. The summed E-state index contributed by atoms with van der Waals surface area (Å²) >= 11 is 14.7. The Labute approximate surface area is 196 Å². The van der Waals surface area contributed by atoms with Crippen LogP contribution in [0.1, 0.15) is 123 Å². The minimum Gasteiger partial charge on any atom is -0.100 e. The molecule has 0 saturated heterocycles. The molecule has 0 heterocycles. The zero-order chi connectivity index (χ0) is 21.0. The van der Waals surface area contributed by atoms with E-state index >= 15 is 0 Å². The average molecular weight is 454 g/mol. The van der Waals surface area contributed by atoms with E-state index in [0.717, 1.165) is 35.5 Å². The van der Waals surface area contributed by atoms with E-state index in [-0.39, 0.29) is 10.8 Å². The van der Waals surface area contributed by atoms with E-state index in [1.807, 2.05) is 0 Å². The van der Waals surface area contributed by atoms with Crippen LogP contribution in [0.5, 0.6) is 0 Å². The Bertz CT molecular complexity index is 528. The van der Waals surface area contributed by atoms with Gasteiger partial charge in [0.25, 0.3) is 0 Å². The maximum absolute atomic E-state index is 7.35. The third-order valence-electron chi connectivity index (χ3n) is 11.4. The van der Waals surface area contributed by atoms with Crippen molar-refractivity contribution in [3.63, 3.8) is 0 Å². The summed E-state index contributed by atoms with van der Waals surface area (Å²) in [5.74, 6) is 5.87. The third kappa shape index (κ3) is 3.71. The zero-order valence-corrected chi connectivity index (χ0v) is 21.3. The first-order valence-corrected chi connectivity index (χ1v) is 14.5. The summed E-state index contributed by atoms with van der Waals surface area (Å²) in [4.78, 5) is 0. The maximum Gasteiger partial charge on any atom is 0.129 e. The lowest BCUT2D eigenvalue weighted by Gasteiger charge is -2.69. The second-order valence-corrected chi connectivity index (χ2v) is 14.4. The van der Waals surface area contributed by atoms with Crippen molar-refractivity contribution >= 4 is 23.2 Å². The van der Waals surface area contributed by atoms with Crippen LogP contribution in [-0.2, 0) is 0 Å². The molecule has 0 radical (unpaired) electrons. The topological polar surface area (TPSA) is 0 Å². The maximum atomic E-state index is 7.35. The SMILES string of the molecule is C[C@H]1CC[C@H](C2CCC3(CC2)CC2(CCC([C@H]4CC[C@H](C)CC4)CC2)C3(Cl)Cl)CC1. The highest BCUT2D eigenvalue weighted by atomic mass is 35.5. The van der Waals surface area contributed by atoms with Gasteiger partial charge in [-0.05, 0) is 119 Å². The Morgan fingerprint density at radius 1 is 0.467 bits per heavy atom. The number of hydrogen-bond acceptors (Lipinski definition) is 0. The number of alkyl halides is 2. The van der Waals surface area contributed by atoms with Crippen molar-refractivity contribution in [3.8, 4) is 0 Å². The lowest BCUT2D eigenvalue weighted by atomic mass is 9.42. The molecule has 0 unspecified atom stereocenters. The zero-order valence-electron chi connectivity index (χ0n) is 19.7. The van der Waals surface area contributed by atoms with Gasteiger partial charge in [0, 0.05) is 10.8 Å². The summed E-state index contributed by atoms with van der Waals surface area (Å²) in [6, 6.07) is 0. The highest BCUT2D eigenvalue weighted by Gasteiger charge is 2.72. The van der Waals surface area contributed by atoms with Crippen molar-refractivity contribution in [1.82, 2.24) is 0 Å². The molecule has 0 aromatic rings. The van der Waals surface area contributed by atoms with Gasteiger partial charge < -0.3 is 0 Å². The van der Waals surface area contributed by atoms with Gasteiger partial charge in [0.15, 0.2) is 0 Å². The van der Waals surface area contributed by atoms with Gasteiger partial charge in [0.1, 0.15) is 4.33 Å². The number of halogens is 2. The standard InChI is InChI=1S/C28H46Cl2/c1-20-3-7-22(8-4-20)24-11-15-26(16-12-24)19-27(28(26,29)30)17-13-25(14-18-27)23-9-5-21(2)6-10-23/h20-25H,3-19H2,1-2H3/t20-,21-,22-,23-,24?,25?,26?,27?. The van der Waals surface area contributed by atoms with E-state index in [0.29, 0.717) is 0 Å². The molecule has 0 aliphatic heterocycles. The molecule has 0 atom stereocenters. The first-order valence-electron chi connectivity index (χ1n) is 13.7. The predicted molar refractivity (Wildman–Crippen MR) is 130 cm³/mol. The second-order valence-electron chi connectivity index (χ2n) is 13.0. The van der Waals surface area contributed by atoms with Crippen molar-refractivity contribution in [3.05, 3.63) is 0 Å². The lowest BCUT2D eigenvalue weighted by molar-refractivity contribution is -0.122. The summed E-state index contributed by atoms with van der Waals surface area (Å²) in [5.41, 5.74) is 0.503. The highest BCUT2D eigenvalue weighted by molar-refractivity contribution is 6.50. The van der Waals surface area contributed by atoms with E-state index in [1.54, 1.807) is 0 Å². The second kappa shape index (κ2) is 8.42. The smallest absolute Gasteiger partial charge is 0.100 e.